The van der Waals surface area contributed by atoms with E-state index in [1.165, 1.54) is 11.8 Å². The minimum Gasteiger partial charge on any atom is -0.480 e. The third-order valence-electron chi connectivity index (χ3n) is 13.2. The fraction of sp³-hybridized carbons (Fsp3) is 0.694. The van der Waals surface area contributed by atoms with Gasteiger partial charge in [-0.25, -0.2) is 0 Å². The normalized spacial score (nSPS) is 22.8. The molecular weight excluding hydrogens is 999 g/mol. The van der Waals surface area contributed by atoms with Crippen molar-refractivity contribution in [2.24, 2.45) is 17.6 Å². The zero-order chi connectivity index (χ0) is 54.3. The first kappa shape index (κ1) is 61.5. The standard InChI is InChI=1S/C49H79N11O12S2/c1-5-34(4)46-49(72)53-39(47(50)70)32-74-31-37-22-35(21-36(23-37)30-73-19-6-40(61)51-24-41(62)52-38(20-33(2)3)48(71)54-46)25-55-15-17-60(18-16-55)42(63)26-56-7-9-57(27-43(64)65)11-13-59(29-45(68)69)14-12-58(10-8-56)28-44(66)67/h21-23,33-34,38-39,46H,5-20,24-32H2,1-4H3,(H2,50,70)(H,51,61)(H,52,62)(H,53,72)(H,54,71)(H,64,65)(H,66,67)(H,68,69)/t34-,38-,39?,46-/m0/s1. The Morgan fingerprint density at radius 1 is 0.649 bits per heavy atom. The number of benzene rings is 1. The number of carbonyl (C=O) groups excluding carboxylic acids is 6. The lowest BCUT2D eigenvalue weighted by molar-refractivity contribution is -0.141. The number of fused-ring (bicyclic) bond motifs is 2. The Labute approximate surface area is 442 Å². The van der Waals surface area contributed by atoms with E-state index in [4.69, 9.17) is 5.73 Å². The van der Waals surface area contributed by atoms with E-state index >= 15 is 0 Å². The highest BCUT2D eigenvalue weighted by Crippen LogP contribution is 2.23. The highest BCUT2D eigenvalue weighted by atomic mass is 32.2. The number of carbonyl (C=O) groups is 9. The Hall–Kier alpha value is -5.05. The molecule has 2 saturated heterocycles. The first-order chi connectivity index (χ1) is 35.2. The van der Waals surface area contributed by atoms with Crippen molar-refractivity contribution in [3.63, 3.8) is 0 Å². The summed E-state index contributed by atoms with van der Waals surface area (Å²) in [6, 6.07) is 3.26. The molecule has 23 nitrogen and oxygen atoms in total. The number of rotatable bonds is 15. The summed E-state index contributed by atoms with van der Waals surface area (Å²) in [7, 11) is 0. The van der Waals surface area contributed by atoms with Gasteiger partial charge in [-0.2, -0.15) is 23.5 Å². The van der Waals surface area contributed by atoms with Crippen LogP contribution < -0.4 is 27.0 Å². The van der Waals surface area contributed by atoms with Crippen molar-refractivity contribution in [2.75, 3.05) is 123 Å². The first-order valence-corrected chi connectivity index (χ1v) is 27.8. The Bertz CT molecular complexity index is 2050. The third-order valence-corrected chi connectivity index (χ3v) is 15.3. The second kappa shape index (κ2) is 31.7. The van der Waals surface area contributed by atoms with Gasteiger partial charge >= 0.3 is 17.9 Å². The Morgan fingerprint density at radius 3 is 1.64 bits per heavy atom. The smallest absolute Gasteiger partial charge is 0.317 e. The molecule has 1 unspecified atom stereocenters. The van der Waals surface area contributed by atoms with Crippen LogP contribution in [0.4, 0.5) is 0 Å². The number of hydrogen-bond acceptors (Lipinski definition) is 16. The average Bonchev–Trinajstić information content (AvgIpc) is 3.33. The number of carboxylic acid groups (broad SMARTS) is 3. The van der Waals surface area contributed by atoms with Crippen molar-refractivity contribution in [2.45, 2.75) is 83.1 Å². The van der Waals surface area contributed by atoms with Crippen molar-refractivity contribution in [3.05, 3.63) is 34.9 Å². The monoisotopic (exact) mass is 1080 g/mol. The van der Waals surface area contributed by atoms with Crippen LogP contribution in [0.5, 0.6) is 0 Å². The van der Waals surface area contributed by atoms with Crippen LogP contribution >= 0.6 is 23.5 Å². The summed E-state index contributed by atoms with van der Waals surface area (Å²) in [5.74, 6) is -4.47. The van der Waals surface area contributed by atoms with Crippen molar-refractivity contribution in [1.29, 1.82) is 0 Å². The van der Waals surface area contributed by atoms with Gasteiger partial charge in [0.05, 0.1) is 32.7 Å². The molecule has 2 bridgehead atoms. The van der Waals surface area contributed by atoms with Gasteiger partial charge in [0.2, 0.25) is 35.4 Å². The number of hydrogen-bond donors (Lipinski definition) is 8. The fourth-order valence-corrected chi connectivity index (χ4v) is 10.7. The predicted octanol–water partition coefficient (Wildman–Crippen LogP) is -1.18. The van der Waals surface area contributed by atoms with Gasteiger partial charge in [0.15, 0.2) is 0 Å². The van der Waals surface area contributed by atoms with E-state index < -0.39 is 59.7 Å². The molecule has 3 aliphatic heterocycles. The van der Waals surface area contributed by atoms with Crippen LogP contribution in [0.15, 0.2) is 18.2 Å². The SMILES string of the molecule is CC[C@H](C)[C@@H]1NC(=O)[C@H](CC(C)C)NC(=O)CNC(=O)CCSCc2cc(cc(CN3CCN(C(=O)CN4CCN(CC(=O)O)CCN(CC(=O)O)CCN(CC(=O)O)CC4)CC3)c2)CSCC(C(N)=O)NC1=O. The summed E-state index contributed by atoms with van der Waals surface area (Å²) in [6.45, 7) is 11.5. The van der Waals surface area contributed by atoms with Gasteiger partial charge in [-0.3, -0.25) is 67.7 Å². The summed E-state index contributed by atoms with van der Waals surface area (Å²) in [4.78, 5) is 126. The molecule has 74 heavy (non-hydrogen) atoms. The van der Waals surface area contributed by atoms with Gasteiger partial charge < -0.3 is 47.2 Å². The maximum absolute atomic E-state index is 13.9. The highest BCUT2D eigenvalue weighted by Gasteiger charge is 2.33. The molecule has 3 heterocycles. The summed E-state index contributed by atoms with van der Waals surface area (Å²) in [5, 5.41) is 39.6. The summed E-state index contributed by atoms with van der Waals surface area (Å²) >= 11 is 2.99. The molecule has 0 spiro atoms. The maximum atomic E-state index is 13.9. The van der Waals surface area contributed by atoms with Crippen LogP contribution in [-0.2, 0) is 61.2 Å². The molecular formula is C49H79N11O12S2. The van der Waals surface area contributed by atoms with Gasteiger partial charge in [0, 0.05) is 115 Å². The van der Waals surface area contributed by atoms with Crippen LogP contribution in [0.2, 0.25) is 0 Å². The number of nitrogens with one attached hydrogen (secondary N) is 4. The zero-order valence-corrected chi connectivity index (χ0v) is 45.0. The molecule has 0 saturated carbocycles. The number of nitrogens with zero attached hydrogens (tertiary/aromatic N) is 6. The van der Waals surface area contributed by atoms with E-state index in [1.54, 1.807) is 31.4 Å². The zero-order valence-electron chi connectivity index (χ0n) is 43.4. The largest absolute Gasteiger partial charge is 0.480 e. The van der Waals surface area contributed by atoms with Crippen LogP contribution in [0.25, 0.3) is 0 Å². The predicted molar refractivity (Wildman–Crippen MR) is 281 cm³/mol. The molecule has 9 N–H and O–H groups in total. The lowest BCUT2D eigenvalue weighted by Crippen LogP contribution is -2.59. The summed E-state index contributed by atoms with van der Waals surface area (Å²) in [5.41, 5.74) is 8.85. The summed E-state index contributed by atoms with van der Waals surface area (Å²) < 4.78 is 0. The molecule has 2 fully saturated rings. The average molecular weight is 1080 g/mol. The molecule has 4 rings (SSSR count). The molecule has 0 aromatic heterocycles. The molecule has 0 aliphatic carbocycles. The summed E-state index contributed by atoms with van der Waals surface area (Å²) in [6.07, 6.45) is 0.986. The molecule has 1 aromatic carbocycles. The van der Waals surface area contributed by atoms with E-state index in [-0.39, 0.29) is 94.7 Å². The van der Waals surface area contributed by atoms with Gasteiger partial charge in [0.1, 0.15) is 18.1 Å². The maximum Gasteiger partial charge on any atom is 0.317 e. The lowest BCUT2D eigenvalue weighted by atomic mass is 9.96. The third kappa shape index (κ3) is 22.8. The van der Waals surface area contributed by atoms with Crippen LogP contribution in [-0.4, -0.2) is 239 Å². The molecule has 3 aliphatic rings. The van der Waals surface area contributed by atoms with Crippen molar-refractivity contribution < 1.29 is 58.5 Å². The van der Waals surface area contributed by atoms with Crippen molar-refractivity contribution >= 4 is 76.9 Å². The number of amides is 6. The number of piperazine rings is 1. The number of nitrogens with two attached hydrogens (primary N) is 1. The van der Waals surface area contributed by atoms with Gasteiger partial charge in [-0.15, -0.1) is 0 Å². The molecule has 25 heteroatoms. The van der Waals surface area contributed by atoms with E-state index in [0.717, 1.165) is 16.7 Å². The van der Waals surface area contributed by atoms with Crippen molar-refractivity contribution in [1.82, 2.24) is 50.7 Å². The topological polar surface area (TPSA) is 308 Å². The van der Waals surface area contributed by atoms with Gasteiger partial charge in [-0.05, 0) is 34.9 Å². The highest BCUT2D eigenvalue weighted by molar-refractivity contribution is 7.98. The fourth-order valence-electron chi connectivity index (χ4n) is 8.86. The molecule has 414 valence electrons. The molecule has 0 radical (unpaired) electrons. The van der Waals surface area contributed by atoms with Gasteiger partial charge in [-0.1, -0.05) is 52.3 Å². The first-order valence-electron chi connectivity index (χ1n) is 25.5. The Kier molecular flexibility index (Phi) is 26.4. The minimum atomic E-state index is -1.04. The molecule has 6 amide bonds. The second-order valence-corrected chi connectivity index (χ2v) is 21.9. The lowest BCUT2D eigenvalue weighted by Gasteiger charge is -2.37. The minimum absolute atomic E-state index is 0.0164. The number of primary amides is 1. The van der Waals surface area contributed by atoms with E-state index in [9.17, 15) is 58.5 Å². The van der Waals surface area contributed by atoms with Crippen LogP contribution in [0, 0.1) is 11.8 Å². The van der Waals surface area contributed by atoms with E-state index in [0.29, 0.717) is 89.0 Å². The van der Waals surface area contributed by atoms with E-state index in [2.05, 4.69) is 44.4 Å². The Balaban J connectivity index is 1.45. The second-order valence-electron chi connectivity index (χ2n) is 19.8. The van der Waals surface area contributed by atoms with Crippen LogP contribution in [0.3, 0.4) is 0 Å². The molecule has 1 aromatic rings. The van der Waals surface area contributed by atoms with Gasteiger partial charge in [0.25, 0.3) is 0 Å². The number of aliphatic carboxylic acids is 3. The van der Waals surface area contributed by atoms with E-state index in [1.807, 2.05) is 32.6 Å². The quantitative estimate of drug-likeness (QED) is 0.103. The Morgan fingerprint density at radius 2 is 1.15 bits per heavy atom. The van der Waals surface area contributed by atoms with Crippen LogP contribution in [0.1, 0.15) is 63.6 Å². The number of thioether (sulfide) groups is 2. The number of carboxylic acids is 3. The molecule has 4 atom stereocenters. The van der Waals surface area contributed by atoms with Crippen molar-refractivity contribution in [3.8, 4) is 0 Å².